The van der Waals surface area contributed by atoms with Gasteiger partial charge in [-0.3, -0.25) is 4.79 Å². The molecule has 12 heteroatoms. The number of H-pyrrole nitrogens is 1. The van der Waals surface area contributed by atoms with Crippen molar-refractivity contribution >= 4 is 17.7 Å². The SMILES string of the molecule is COCCOCCOCCOCCC=CC=C[C@@H](SCCC(=O)O)[C@@H](O)c1cccc(-c2nn[nH]n2)c1. The van der Waals surface area contributed by atoms with E-state index in [1.54, 1.807) is 13.2 Å². The lowest BCUT2D eigenvalue weighted by atomic mass is 10.0. The van der Waals surface area contributed by atoms with Crippen molar-refractivity contribution in [2.24, 2.45) is 0 Å². The smallest absolute Gasteiger partial charge is 0.304 e. The summed E-state index contributed by atoms with van der Waals surface area (Å²) in [7, 11) is 1.63. The van der Waals surface area contributed by atoms with Gasteiger partial charge in [-0.1, -0.05) is 42.5 Å². The predicted octanol–water partition coefficient (Wildman–Crippen LogP) is 2.68. The first kappa shape index (κ1) is 30.6. The maximum absolute atomic E-state index is 11.0. The summed E-state index contributed by atoms with van der Waals surface area (Å²) in [5.74, 6) is -0.0574. The van der Waals surface area contributed by atoms with E-state index in [0.29, 0.717) is 63.4 Å². The first-order valence-electron chi connectivity index (χ1n) is 12.0. The van der Waals surface area contributed by atoms with E-state index in [-0.39, 0.29) is 11.7 Å². The van der Waals surface area contributed by atoms with E-state index >= 15 is 0 Å². The summed E-state index contributed by atoms with van der Waals surface area (Å²) >= 11 is 1.39. The molecule has 0 radical (unpaired) electrons. The summed E-state index contributed by atoms with van der Waals surface area (Å²) in [6, 6.07) is 7.27. The van der Waals surface area contributed by atoms with Crippen molar-refractivity contribution in [1.29, 1.82) is 0 Å². The van der Waals surface area contributed by atoms with Crippen LogP contribution in [-0.2, 0) is 23.7 Å². The Hall–Kier alpha value is -2.61. The number of carboxylic acids is 1. The number of carboxylic acid groups (broad SMARTS) is 1. The number of hydrogen-bond acceptors (Lipinski definition) is 10. The highest BCUT2D eigenvalue weighted by Gasteiger charge is 2.20. The van der Waals surface area contributed by atoms with Crippen LogP contribution in [0.25, 0.3) is 11.4 Å². The topological polar surface area (TPSA) is 149 Å². The molecule has 37 heavy (non-hydrogen) atoms. The molecule has 0 aliphatic rings. The number of ether oxygens (including phenoxy) is 4. The van der Waals surface area contributed by atoms with Crippen LogP contribution in [-0.4, -0.2) is 101 Å². The van der Waals surface area contributed by atoms with Gasteiger partial charge in [0.2, 0.25) is 5.82 Å². The lowest BCUT2D eigenvalue weighted by molar-refractivity contribution is -0.136. The molecule has 0 saturated heterocycles. The maximum Gasteiger partial charge on any atom is 0.304 e. The van der Waals surface area contributed by atoms with E-state index in [4.69, 9.17) is 24.1 Å². The Morgan fingerprint density at radius 3 is 2.49 bits per heavy atom. The summed E-state index contributed by atoms with van der Waals surface area (Å²) < 4.78 is 21.2. The van der Waals surface area contributed by atoms with Crippen LogP contribution in [0, 0.1) is 0 Å². The minimum absolute atomic E-state index is 0.0162. The van der Waals surface area contributed by atoms with Crippen LogP contribution in [0.5, 0.6) is 0 Å². The molecular formula is C25H36N4O7S. The predicted molar refractivity (Wildman–Crippen MR) is 140 cm³/mol. The summed E-state index contributed by atoms with van der Waals surface area (Å²) in [6.45, 7) is 3.79. The fourth-order valence-electron chi connectivity index (χ4n) is 3.05. The number of methoxy groups -OCH3 is 1. The molecular weight excluding hydrogens is 500 g/mol. The van der Waals surface area contributed by atoms with E-state index in [1.165, 1.54) is 11.8 Å². The minimum Gasteiger partial charge on any atom is -0.481 e. The van der Waals surface area contributed by atoms with E-state index in [1.807, 2.05) is 42.5 Å². The number of hydrogen-bond donors (Lipinski definition) is 3. The zero-order valence-corrected chi connectivity index (χ0v) is 21.8. The fraction of sp³-hybridized carbons (Fsp3) is 0.520. The van der Waals surface area contributed by atoms with Crippen molar-refractivity contribution < 1.29 is 34.0 Å². The first-order chi connectivity index (χ1) is 18.1. The molecule has 1 aromatic heterocycles. The minimum atomic E-state index is -0.871. The summed E-state index contributed by atoms with van der Waals surface area (Å²) in [5, 5.41) is 33.6. The Bertz CT molecular complexity index is 928. The van der Waals surface area contributed by atoms with Crippen LogP contribution in [0.3, 0.4) is 0 Å². The maximum atomic E-state index is 11.0. The quantitative estimate of drug-likeness (QED) is 0.160. The number of aliphatic carboxylic acids is 1. The highest BCUT2D eigenvalue weighted by molar-refractivity contribution is 8.00. The zero-order valence-electron chi connectivity index (χ0n) is 21.0. The highest BCUT2D eigenvalue weighted by atomic mass is 32.2. The van der Waals surface area contributed by atoms with Gasteiger partial charge in [-0.2, -0.15) is 17.0 Å². The van der Waals surface area contributed by atoms with Gasteiger partial charge in [0.05, 0.1) is 64.0 Å². The Morgan fingerprint density at radius 2 is 1.81 bits per heavy atom. The van der Waals surface area contributed by atoms with E-state index in [0.717, 1.165) is 12.0 Å². The molecule has 0 fully saturated rings. The molecule has 0 spiro atoms. The number of carbonyl (C=O) groups is 1. The number of aliphatic hydroxyl groups is 1. The molecule has 204 valence electrons. The van der Waals surface area contributed by atoms with E-state index in [9.17, 15) is 9.90 Å². The van der Waals surface area contributed by atoms with Gasteiger partial charge in [0.25, 0.3) is 0 Å². The van der Waals surface area contributed by atoms with Gasteiger partial charge in [0, 0.05) is 18.4 Å². The van der Waals surface area contributed by atoms with Gasteiger partial charge in [-0.25, -0.2) is 0 Å². The number of aliphatic hydroxyl groups excluding tert-OH is 1. The number of allylic oxidation sites excluding steroid dienone is 2. The van der Waals surface area contributed by atoms with Crippen LogP contribution in [0.2, 0.25) is 0 Å². The Kier molecular flexibility index (Phi) is 16.1. The lowest BCUT2D eigenvalue weighted by Gasteiger charge is -2.20. The number of aromatic nitrogens is 4. The van der Waals surface area contributed by atoms with Crippen molar-refractivity contribution in [3.8, 4) is 11.4 Å². The lowest BCUT2D eigenvalue weighted by Crippen LogP contribution is -2.14. The van der Waals surface area contributed by atoms with Crippen molar-refractivity contribution in [2.45, 2.75) is 24.2 Å². The largest absolute Gasteiger partial charge is 0.481 e. The number of tetrazole rings is 1. The number of thioether (sulfide) groups is 1. The normalized spacial score (nSPS) is 13.5. The molecule has 2 atom stereocenters. The number of nitrogens with zero attached hydrogens (tertiary/aromatic N) is 3. The second kappa shape index (κ2) is 19.5. The molecule has 1 heterocycles. The van der Waals surface area contributed by atoms with Crippen LogP contribution in [0.1, 0.15) is 24.5 Å². The molecule has 0 aliphatic heterocycles. The average molecular weight is 537 g/mol. The van der Waals surface area contributed by atoms with E-state index < -0.39 is 12.1 Å². The average Bonchev–Trinajstić information content (AvgIpc) is 3.44. The Labute approximate surface area is 221 Å². The number of benzene rings is 1. The molecule has 0 aliphatic carbocycles. The monoisotopic (exact) mass is 536 g/mol. The third-order valence-electron chi connectivity index (χ3n) is 4.92. The van der Waals surface area contributed by atoms with Crippen molar-refractivity contribution in [2.75, 3.05) is 59.1 Å². The van der Waals surface area contributed by atoms with Gasteiger partial charge >= 0.3 is 5.97 Å². The van der Waals surface area contributed by atoms with Gasteiger partial charge in [-0.15, -0.1) is 10.2 Å². The van der Waals surface area contributed by atoms with Crippen molar-refractivity contribution in [3.63, 3.8) is 0 Å². The standard InChI is InChI=1S/C25H36N4O7S/c1-33-12-13-35-16-17-36-15-14-34-11-5-3-2-4-9-22(37-18-10-23(30)31)24(32)20-7-6-8-21(19-20)25-26-28-29-27-25/h2-4,6-9,19,22,24,32H,5,10-18H2,1H3,(H,30,31)(H,26,27,28,29)/t22-,24+/m1/s1. The summed E-state index contributed by atoms with van der Waals surface area (Å²) in [4.78, 5) is 10.9. The fourth-order valence-corrected chi connectivity index (χ4v) is 4.16. The summed E-state index contributed by atoms with van der Waals surface area (Å²) in [6.07, 6.45) is 7.51. The molecule has 0 bridgehead atoms. The summed E-state index contributed by atoms with van der Waals surface area (Å²) in [5.41, 5.74) is 1.41. The van der Waals surface area contributed by atoms with Crippen LogP contribution < -0.4 is 0 Å². The van der Waals surface area contributed by atoms with Crippen LogP contribution in [0.4, 0.5) is 0 Å². The molecule has 0 saturated carbocycles. The van der Waals surface area contributed by atoms with Crippen LogP contribution >= 0.6 is 11.8 Å². The van der Waals surface area contributed by atoms with Crippen molar-refractivity contribution in [1.82, 2.24) is 20.6 Å². The third-order valence-corrected chi connectivity index (χ3v) is 6.16. The second-order valence-electron chi connectivity index (χ2n) is 7.72. The van der Waals surface area contributed by atoms with Crippen molar-refractivity contribution in [3.05, 3.63) is 54.1 Å². The van der Waals surface area contributed by atoms with Crippen LogP contribution in [0.15, 0.2) is 48.6 Å². The second-order valence-corrected chi connectivity index (χ2v) is 9.00. The third kappa shape index (κ3) is 13.5. The van der Waals surface area contributed by atoms with Gasteiger partial charge < -0.3 is 29.2 Å². The molecule has 3 N–H and O–H groups in total. The number of rotatable bonds is 21. The number of nitrogens with one attached hydrogen (secondary N) is 1. The zero-order chi connectivity index (χ0) is 26.6. The Morgan fingerprint density at radius 1 is 1.08 bits per heavy atom. The van der Waals surface area contributed by atoms with E-state index in [2.05, 4.69) is 20.6 Å². The molecule has 11 nitrogen and oxygen atoms in total. The molecule has 2 rings (SSSR count). The molecule has 0 unspecified atom stereocenters. The number of aromatic amines is 1. The van der Waals surface area contributed by atoms with Gasteiger partial charge in [0.15, 0.2) is 0 Å². The van der Waals surface area contributed by atoms with Gasteiger partial charge in [-0.05, 0) is 23.3 Å². The molecule has 0 amide bonds. The molecule has 1 aromatic carbocycles. The van der Waals surface area contributed by atoms with Gasteiger partial charge in [0.1, 0.15) is 0 Å². The molecule has 2 aromatic rings. The Balaban J connectivity index is 1.75. The first-order valence-corrected chi connectivity index (χ1v) is 13.1. The highest BCUT2D eigenvalue weighted by Crippen LogP contribution is 2.30.